The van der Waals surface area contributed by atoms with Crippen molar-refractivity contribution in [3.05, 3.63) is 0 Å². The summed E-state index contributed by atoms with van der Waals surface area (Å²) in [6.07, 6.45) is -0.637. The van der Waals surface area contributed by atoms with Crippen molar-refractivity contribution in [2.24, 2.45) is 11.8 Å². The monoisotopic (exact) mass is 183 g/mol. The number of aliphatic hydroxyl groups is 1. The van der Waals surface area contributed by atoms with Crippen LogP contribution in [0.5, 0.6) is 0 Å². The standard InChI is InChI=1S/C9H13NO3/c1-4-6(12)3-10-8(4)7(5(2)11)9(10)13/h4-5,7-8,11H,3H2,1-2H3/t4?,5?,7?,8-/m1/s1. The Hall–Kier alpha value is -0.900. The molecule has 13 heavy (non-hydrogen) atoms. The highest BCUT2D eigenvalue weighted by atomic mass is 16.3. The first-order valence-corrected chi connectivity index (χ1v) is 4.55. The molecule has 2 saturated heterocycles. The van der Waals surface area contributed by atoms with Crippen molar-refractivity contribution < 1.29 is 14.7 Å². The number of carbonyl (C=O) groups excluding carboxylic acids is 2. The van der Waals surface area contributed by atoms with Gasteiger partial charge in [-0.3, -0.25) is 9.59 Å². The van der Waals surface area contributed by atoms with Crippen LogP contribution in [-0.4, -0.2) is 40.4 Å². The van der Waals surface area contributed by atoms with Gasteiger partial charge in [-0.2, -0.15) is 0 Å². The minimum absolute atomic E-state index is 0.0417. The highest BCUT2D eigenvalue weighted by Crippen LogP contribution is 2.39. The fourth-order valence-electron chi connectivity index (χ4n) is 2.35. The molecule has 4 atom stereocenters. The average Bonchev–Trinajstić information content (AvgIpc) is 2.28. The Morgan fingerprint density at radius 2 is 2.15 bits per heavy atom. The van der Waals surface area contributed by atoms with Gasteiger partial charge in [0.25, 0.3) is 0 Å². The van der Waals surface area contributed by atoms with Crippen molar-refractivity contribution in [2.75, 3.05) is 6.54 Å². The molecule has 0 bridgehead atoms. The molecule has 4 nitrogen and oxygen atoms in total. The van der Waals surface area contributed by atoms with E-state index in [0.29, 0.717) is 0 Å². The number of Topliss-reactive ketones (excluding diaryl/α,β-unsaturated/α-hetero) is 1. The first-order valence-electron chi connectivity index (χ1n) is 4.55. The Morgan fingerprint density at radius 3 is 2.69 bits per heavy atom. The zero-order valence-electron chi connectivity index (χ0n) is 7.73. The molecule has 0 aromatic rings. The van der Waals surface area contributed by atoms with Crippen LogP contribution in [0.1, 0.15) is 13.8 Å². The fraction of sp³-hybridized carbons (Fsp3) is 0.778. The minimum Gasteiger partial charge on any atom is -0.393 e. The van der Waals surface area contributed by atoms with Crippen LogP contribution >= 0.6 is 0 Å². The van der Waals surface area contributed by atoms with Gasteiger partial charge in [-0.1, -0.05) is 6.92 Å². The van der Waals surface area contributed by atoms with Crippen LogP contribution in [0, 0.1) is 11.8 Å². The van der Waals surface area contributed by atoms with Crippen molar-refractivity contribution in [3.63, 3.8) is 0 Å². The number of amides is 1. The summed E-state index contributed by atoms with van der Waals surface area (Å²) in [6.45, 7) is 3.68. The van der Waals surface area contributed by atoms with Crippen molar-refractivity contribution in [3.8, 4) is 0 Å². The van der Waals surface area contributed by atoms with E-state index in [-0.39, 0.29) is 36.1 Å². The second-order valence-electron chi connectivity index (χ2n) is 3.98. The second-order valence-corrected chi connectivity index (χ2v) is 3.98. The van der Waals surface area contributed by atoms with E-state index in [0.717, 1.165) is 0 Å². The molecule has 2 aliphatic rings. The molecule has 72 valence electrons. The van der Waals surface area contributed by atoms with Crippen LogP contribution in [0.4, 0.5) is 0 Å². The van der Waals surface area contributed by atoms with Gasteiger partial charge in [0.15, 0.2) is 5.78 Å². The van der Waals surface area contributed by atoms with Gasteiger partial charge in [-0.05, 0) is 6.92 Å². The lowest BCUT2D eigenvalue weighted by Gasteiger charge is -2.44. The molecular weight excluding hydrogens is 170 g/mol. The third kappa shape index (κ3) is 0.950. The number of ketones is 1. The fourth-order valence-corrected chi connectivity index (χ4v) is 2.35. The predicted octanol–water partition coefficient (Wildman–Crippen LogP) is -0.587. The number of rotatable bonds is 1. The lowest BCUT2D eigenvalue weighted by atomic mass is 9.79. The zero-order chi connectivity index (χ0) is 9.75. The number of nitrogens with zero attached hydrogens (tertiary/aromatic N) is 1. The maximum absolute atomic E-state index is 11.4. The Balaban J connectivity index is 2.21. The van der Waals surface area contributed by atoms with E-state index < -0.39 is 6.10 Å². The van der Waals surface area contributed by atoms with Gasteiger partial charge in [0.2, 0.25) is 5.91 Å². The number of hydrogen-bond acceptors (Lipinski definition) is 3. The Kier molecular flexibility index (Phi) is 1.70. The van der Waals surface area contributed by atoms with Crippen LogP contribution in [0.25, 0.3) is 0 Å². The largest absolute Gasteiger partial charge is 0.393 e. The van der Waals surface area contributed by atoms with E-state index in [9.17, 15) is 14.7 Å². The maximum atomic E-state index is 11.4. The van der Waals surface area contributed by atoms with Gasteiger partial charge in [0.1, 0.15) is 0 Å². The molecule has 0 spiro atoms. The normalized spacial score (nSPS) is 40.2. The summed E-state index contributed by atoms with van der Waals surface area (Å²) < 4.78 is 0. The van der Waals surface area contributed by atoms with Crippen LogP contribution in [-0.2, 0) is 9.59 Å². The Morgan fingerprint density at radius 1 is 1.54 bits per heavy atom. The van der Waals surface area contributed by atoms with Gasteiger partial charge >= 0.3 is 0 Å². The summed E-state index contributed by atoms with van der Waals surface area (Å²) >= 11 is 0. The molecular formula is C9H13NO3. The molecule has 2 rings (SSSR count). The van der Waals surface area contributed by atoms with E-state index in [1.54, 1.807) is 11.8 Å². The molecule has 2 fully saturated rings. The number of carbonyl (C=O) groups is 2. The molecule has 0 saturated carbocycles. The molecule has 0 aromatic carbocycles. The topological polar surface area (TPSA) is 57.6 Å². The quantitative estimate of drug-likeness (QED) is 0.553. The third-order valence-corrected chi connectivity index (χ3v) is 3.16. The second kappa shape index (κ2) is 2.54. The minimum atomic E-state index is -0.637. The van der Waals surface area contributed by atoms with Gasteiger partial charge in [0.05, 0.1) is 24.6 Å². The molecule has 1 N–H and O–H groups in total. The van der Waals surface area contributed by atoms with E-state index >= 15 is 0 Å². The first-order chi connectivity index (χ1) is 6.04. The molecule has 2 aliphatic heterocycles. The van der Waals surface area contributed by atoms with E-state index in [1.807, 2.05) is 6.92 Å². The molecule has 0 radical (unpaired) electrons. The highest BCUT2D eigenvalue weighted by Gasteiger charge is 2.57. The van der Waals surface area contributed by atoms with Crippen molar-refractivity contribution >= 4 is 11.7 Å². The molecule has 1 amide bonds. The number of hydrogen-bond donors (Lipinski definition) is 1. The van der Waals surface area contributed by atoms with E-state index in [2.05, 4.69) is 0 Å². The molecule has 0 aromatic heterocycles. The summed E-state index contributed by atoms with van der Waals surface area (Å²) in [5.74, 6) is -0.405. The Bertz CT molecular complexity index is 274. The number of aliphatic hydroxyl groups excluding tert-OH is 1. The van der Waals surface area contributed by atoms with Crippen LogP contribution in [0.2, 0.25) is 0 Å². The summed E-state index contributed by atoms with van der Waals surface area (Å²) in [4.78, 5) is 24.2. The van der Waals surface area contributed by atoms with Gasteiger partial charge < -0.3 is 10.0 Å². The molecule has 4 heteroatoms. The SMILES string of the molecule is CC(O)C1C(=O)N2CC(=O)C(C)[C@H]12. The average molecular weight is 183 g/mol. The lowest BCUT2D eigenvalue weighted by Crippen LogP contribution is -2.62. The summed E-state index contributed by atoms with van der Waals surface area (Å²) in [5.41, 5.74) is 0. The van der Waals surface area contributed by atoms with Crippen molar-refractivity contribution in [2.45, 2.75) is 26.0 Å². The van der Waals surface area contributed by atoms with E-state index in [1.165, 1.54) is 0 Å². The maximum Gasteiger partial charge on any atom is 0.231 e. The summed E-state index contributed by atoms with van der Waals surface area (Å²) in [5, 5.41) is 9.33. The predicted molar refractivity (Wildman–Crippen MR) is 44.8 cm³/mol. The van der Waals surface area contributed by atoms with Gasteiger partial charge in [0, 0.05) is 5.92 Å². The van der Waals surface area contributed by atoms with Crippen molar-refractivity contribution in [1.82, 2.24) is 4.90 Å². The molecule has 2 heterocycles. The third-order valence-electron chi connectivity index (χ3n) is 3.16. The van der Waals surface area contributed by atoms with Crippen LogP contribution < -0.4 is 0 Å². The molecule has 0 aliphatic carbocycles. The van der Waals surface area contributed by atoms with E-state index in [4.69, 9.17) is 0 Å². The van der Waals surface area contributed by atoms with Crippen LogP contribution in [0.3, 0.4) is 0 Å². The van der Waals surface area contributed by atoms with Crippen molar-refractivity contribution in [1.29, 1.82) is 0 Å². The first kappa shape index (κ1) is 8.69. The molecule has 3 unspecified atom stereocenters. The Labute approximate surface area is 76.5 Å². The number of fused-ring (bicyclic) bond motifs is 1. The van der Waals surface area contributed by atoms with Gasteiger partial charge in [-0.25, -0.2) is 0 Å². The lowest BCUT2D eigenvalue weighted by molar-refractivity contribution is -0.161. The smallest absolute Gasteiger partial charge is 0.231 e. The summed E-state index contributed by atoms with van der Waals surface area (Å²) in [6, 6.07) is -0.0417. The van der Waals surface area contributed by atoms with Gasteiger partial charge in [-0.15, -0.1) is 0 Å². The highest BCUT2D eigenvalue weighted by molar-refractivity contribution is 5.98. The number of β-lactam (4-membered cyclic amide) rings is 1. The van der Waals surface area contributed by atoms with Crippen LogP contribution in [0.15, 0.2) is 0 Å². The zero-order valence-corrected chi connectivity index (χ0v) is 7.73. The summed E-state index contributed by atoms with van der Waals surface area (Å²) in [7, 11) is 0.